The largest absolute Gasteiger partial charge is 0.384 e. The number of benzene rings is 1. The van der Waals surface area contributed by atoms with Crippen LogP contribution in [0.4, 0.5) is 0 Å². The number of nitrogens with one attached hydrogen (secondary N) is 1. The van der Waals surface area contributed by atoms with E-state index >= 15 is 0 Å². The zero-order chi connectivity index (χ0) is 10.4. The van der Waals surface area contributed by atoms with E-state index in [1.165, 1.54) is 24.8 Å². The van der Waals surface area contributed by atoms with E-state index in [2.05, 4.69) is 19.1 Å². The third kappa shape index (κ3) is 4.84. The van der Waals surface area contributed by atoms with Gasteiger partial charge in [0.15, 0.2) is 0 Å². The maximum Gasteiger partial charge on any atom is 0.122 e. The van der Waals surface area contributed by atoms with Gasteiger partial charge in [0.2, 0.25) is 0 Å². The van der Waals surface area contributed by atoms with Crippen molar-refractivity contribution in [2.75, 3.05) is 0 Å². The van der Waals surface area contributed by atoms with Crippen molar-refractivity contribution < 1.29 is 0 Å². The molecule has 0 unspecified atom stereocenters. The minimum absolute atomic E-state index is 0. The molecule has 0 atom stereocenters. The summed E-state index contributed by atoms with van der Waals surface area (Å²) in [6.07, 6.45) is 4.92. The SMILES string of the molecule is CCCCCc1ccc(C(=N)N)cc1.Cl. The van der Waals surface area contributed by atoms with Gasteiger partial charge in [-0.25, -0.2) is 0 Å². The number of nitrogens with two attached hydrogens (primary N) is 1. The summed E-state index contributed by atoms with van der Waals surface area (Å²) in [6.45, 7) is 2.21. The molecule has 3 heteroatoms. The first kappa shape index (κ1) is 14.0. The van der Waals surface area contributed by atoms with Gasteiger partial charge in [-0.2, -0.15) is 0 Å². The number of halogens is 1. The van der Waals surface area contributed by atoms with Gasteiger partial charge in [-0.3, -0.25) is 5.41 Å². The Balaban J connectivity index is 0.00000196. The van der Waals surface area contributed by atoms with E-state index in [0.717, 1.165) is 12.0 Å². The summed E-state index contributed by atoms with van der Waals surface area (Å²) in [6, 6.07) is 7.96. The third-order valence-electron chi connectivity index (χ3n) is 2.33. The molecular formula is C12H19ClN2. The van der Waals surface area contributed by atoms with Gasteiger partial charge in [0, 0.05) is 5.56 Å². The summed E-state index contributed by atoms with van der Waals surface area (Å²) in [5, 5.41) is 7.25. The molecule has 0 bridgehead atoms. The molecule has 0 radical (unpaired) electrons. The van der Waals surface area contributed by atoms with Crippen molar-refractivity contribution in [3.8, 4) is 0 Å². The van der Waals surface area contributed by atoms with Crippen molar-refractivity contribution >= 4 is 18.2 Å². The second-order valence-electron chi connectivity index (χ2n) is 3.57. The van der Waals surface area contributed by atoms with Crippen LogP contribution in [0.5, 0.6) is 0 Å². The van der Waals surface area contributed by atoms with Gasteiger partial charge in [0.05, 0.1) is 0 Å². The van der Waals surface area contributed by atoms with Crippen LogP contribution < -0.4 is 5.73 Å². The highest BCUT2D eigenvalue weighted by Gasteiger charge is 1.96. The molecule has 0 amide bonds. The van der Waals surface area contributed by atoms with E-state index in [0.29, 0.717) is 0 Å². The molecule has 15 heavy (non-hydrogen) atoms. The fraction of sp³-hybridized carbons (Fsp3) is 0.417. The number of aryl methyl sites for hydroxylation is 1. The smallest absolute Gasteiger partial charge is 0.122 e. The van der Waals surface area contributed by atoms with E-state index in [1.807, 2.05) is 12.1 Å². The van der Waals surface area contributed by atoms with Crippen molar-refractivity contribution in [3.05, 3.63) is 35.4 Å². The standard InChI is InChI=1S/C12H18N2.ClH/c1-2-3-4-5-10-6-8-11(9-7-10)12(13)14;/h6-9H,2-5H2,1H3,(H3,13,14);1H. The lowest BCUT2D eigenvalue weighted by Crippen LogP contribution is -2.10. The first-order valence-electron chi connectivity index (χ1n) is 5.17. The summed E-state index contributed by atoms with van der Waals surface area (Å²) >= 11 is 0. The normalized spacial score (nSPS) is 9.40. The Labute approximate surface area is 97.8 Å². The van der Waals surface area contributed by atoms with Gasteiger partial charge in [-0.15, -0.1) is 12.4 Å². The number of nitrogen functional groups attached to an aromatic ring is 1. The van der Waals surface area contributed by atoms with Gasteiger partial charge >= 0.3 is 0 Å². The molecule has 0 aliphatic heterocycles. The van der Waals surface area contributed by atoms with Crippen LogP contribution in [0.3, 0.4) is 0 Å². The van der Waals surface area contributed by atoms with Gasteiger partial charge < -0.3 is 5.73 Å². The Kier molecular flexibility index (Phi) is 6.80. The van der Waals surface area contributed by atoms with Gasteiger partial charge in [-0.05, 0) is 18.4 Å². The molecule has 3 N–H and O–H groups in total. The van der Waals surface area contributed by atoms with Crippen molar-refractivity contribution in [1.82, 2.24) is 0 Å². The zero-order valence-corrected chi connectivity index (χ0v) is 9.94. The van der Waals surface area contributed by atoms with E-state index < -0.39 is 0 Å². The van der Waals surface area contributed by atoms with Crippen LogP contribution in [0.1, 0.15) is 37.3 Å². The van der Waals surface area contributed by atoms with E-state index in [-0.39, 0.29) is 18.2 Å². The lowest BCUT2D eigenvalue weighted by Gasteiger charge is -2.02. The van der Waals surface area contributed by atoms with E-state index in [9.17, 15) is 0 Å². The van der Waals surface area contributed by atoms with Crippen molar-refractivity contribution in [2.24, 2.45) is 5.73 Å². The zero-order valence-electron chi connectivity index (χ0n) is 9.12. The molecule has 1 aromatic rings. The molecule has 0 aliphatic rings. The van der Waals surface area contributed by atoms with Crippen LogP contribution in [0.25, 0.3) is 0 Å². The molecule has 0 saturated heterocycles. The van der Waals surface area contributed by atoms with Crippen LogP contribution in [0.2, 0.25) is 0 Å². The summed E-state index contributed by atoms with van der Waals surface area (Å²) in [4.78, 5) is 0. The van der Waals surface area contributed by atoms with Crippen LogP contribution >= 0.6 is 12.4 Å². The molecule has 2 nitrogen and oxygen atoms in total. The number of rotatable bonds is 5. The number of amidine groups is 1. The predicted octanol–water partition coefficient (Wildman–Crippen LogP) is 3.13. The molecule has 1 aromatic carbocycles. The molecule has 0 aromatic heterocycles. The Bertz CT molecular complexity index is 293. The van der Waals surface area contributed by atoms with Gasteiger partial charge in [0.25, 0.3) is 0 Å². The average molecular weight is 227 g/mol. The highest BCUT2D eigenvalue weighted by molar-refractivity contribution is 5.94. The summed E-state index contributed by atoms with van der Waals surface area (Å²) in [7, 11) is 0. The molecule has 0 heterocycles. The van der Waals surface area contributed by atoms with Gasteiger partial charge in [-0.1, -0.05) is 44.0 Å². The van der Waals surface area contributed by atoms with E-state index in [4.69, 9.17) is 11.1 Å². The molecular weight excluding hydrogens is 208 g/mol. The first-order valence-corrected chi connectivity index (χ1v) is 5.17. The maximum absolute atomic E-state index is 7.25. The number of unbranched alkanes of at least 4 members (excludes halogenated alkanes) is 2. The Morgan fingerprint density at radius 1 is 1.20 bits per heavy atom. The highest BCUT2D eigenvalue weighted by atomic mass is 35.5. The monoisotopic (exact) mass is 226 g/mol. The number of hydrogen-bond donors (Lipinski definition) is 2. The topological polar surface area (TPSA) is 49.9 Å². The van der Waals surface area contributed by atoms with Gasteiger partial charge in [0.1, 0.15) is 5.84 Å². The minimum atomic E-state index is 0. The molecule has 84 valence electrons. The summed E-state index contributed by atoms with van der Waals surface area (Å²) < 4.78 is 0. The van der Waals surface area contributed by atoms with Crippen LogP contribution in [0, 0.1) is 5.41 Å². The van der Waals surface area contributed by atoms with Crippen molar-refractivity contribution in [2.45, 2.75) is 32.6 Å². The van der Waals surface area contributed by atoms with Crippen molar-refractivity contribution in [3.63, 3.8) is 0 Å². The summed E-state index contributed by atoms with van der Waals surface area (Å²) in [5.74, 6) is 0.144. The highest BCUT2D eigenvalue weighted by Crippen LogP contribution is 2.08. The van der Waals surface area contributed by atoms with Crippen LogP contribution in [-0.4, -0.2) is 5.84 Å². The molecule has 0 spiro atoms. The lowest BCUT2D eigenvalue weighted by atomic mass is 10.1. The fourth-order valence-electron chi connectivity index (χ4n) is 1.43. The van der Waals surface area contributed by atoms with E-state index in [1.54, 1.807) is 0 Å². The predicted molar refractivity (Wildman–Crippen MR) is 67.9 cm³/mol. The fourth-order valence-corrected chi connectivity index (χ4v) is 1.43. The Morgan fingerprint density at radius 2 is 1.80 bits per heavy atom. The molecule has 0 fully saturated rings. The second-order valence-corrected chi connectivity index (χ2v) is 3.57. The first-order chi connectivity index (χ1) is 6.74. The van der Waals surface area contributed by atoms with Crippen molar-refractivity contribution in [1.29, 1.82) is 5.41 Å². The minimum Gasteiger partial charge on any atom is -0.384 e. The third-order valence-corrected chi connectivity index (χ3v) is 2.33. The number of hydrogen-bond acceptors (Lipinski definition) is 1. The Morgan fingerprint density at radius 3 is 2.27 bits per heavy atom. The summed E-state index contributed by atoms with van der Waals surface area (Å²) in [5.41, 5.74) is 7.51. The van der Waals surface area contributed by atoms with Crippen LogP contribution in [-0.2, 0) is 6.42 Å². The lowest BCUT2D eigenvalue weighted by molar-refractivity contribution is 0.717. The molecule has 0 aliphatic carbocycles. The Hall–Kier alpha value is -1.02. The quantitative estimate of drug-likeness (QED) is 0.452. The second kappa shape index (κ2) is 7.30. The molecule has 0 saturated carbocycles. The average Bonchev–Trinajstić information content (AvgIpc) is 2.19. The van der Waals surface area contributed by atoms with Crippen LogP contribution in [0.15, 0.2) is 24.3 Å². The molecule has 1 rings (SSSR count). The maximum atomic E-state index is 7.25.